The van der Waals surface area contributed by atoms with E-state index in [-0.39, 0.29) is 0 Å². The molecule has 0 heterocycles. The molecule has 1 fully saturated rings. The predicted octanol–water partition coefficient (Wildman–Crippen LogP) is 2.79. The number of rotatable bonds is 3. The number of hydrogen-bond donors (Lipinski definition) is 2. The monoisotopic (exact) mass is 190 g/mol. The summed E-state index contributed by atoms with van der Waals surface area (Å²) < 4.78 is 0. The molecule has 0 unspecified atom stereocenters. The second-order valence-corrected chi connectivity index (χ2v) is 4.25. The van der Waals surface area contributed by atoms with Crippen LogP contribution < -0.4 is 11.1 Å². The minimum atomic E-state index is 0.844. The third-order valence-corrected chi connectivity index (χ3v) is 3.06. The lowest BCUT2D eigenvalue weighted by molar-refractivity contribution is 0.333. The van der Waals surface area contributed by atoms with Gasteiger partial charge in [-0.2, -0.15) is 0 Å². The van der Waals surface area contributed by atoms with E-state index in [0.29, 0.717) is 0 Å². The van der Waals surface area contributed by atoms with Crippen molar-refractivity contribution in [3.63, 3.8) is 0 Å². The number of nitrogen functional groups attached to an aromatic ring is 1. The van der Waals surface area contributed by atoms with Gasteiger partial charge >= 0.3 is 0 Å². The van der Waals surface area contributed by atoms with Gasteiger partial charge in [0.15, 0.2) is 0 Å². The Labute approximate surface area is 85.5 Å². The van der Waals surface area contributed by atoms with Crippen LogP contribution in [0.25, 0.3) is 0 Å². The van der Waals surface area contributed by atoms with E-state index >= 15 is 0 Å². The summed E-state index contributed by atoms with van der Waals surface area (Å²) in [5.74, 6) is 0.895. The molecule has 0 spiro atoms. The fourth-order valence-corrected chi connectivity index (χ4v) is 1.84. The van der Waals surface area contributed by atoms with Gasteiger partial charge in [-0.05, 0) is 49.4 Å². The molecule has 0 amide bonds. The molecule has 76 valence electrons. The van der Waals surface area contributed by atoms with Crippen molar-refractivity contribution in [2.75, 3.05) is 17.6 Å². The summed E-state index contributed by atoms with van der Waals surface area (Å²) >= 11 is 0. The molecule has 2 nitrogen and oxygen atoms in total. The van der Waals surface area contributed by atoms with Crippen LogP contribution in [0.15, 0.2) is 18.2 Å². The molecule has 2 rings (SSSR count). The fourth-order valence-electron chi connectivity index (χ4n) is 1.84. The molecule has 1 aromatic carbocycles. The molecule has 14 heavy (non-hydrogen) atoms. The maximum absolute atomic E-state index is 5.69. The molecule has 2 heteroatoms. The molecular formula is C12H18N2. The van der Waals surface area contributed by atoms with Gasteiger partial charge in [0.1, 0.15) is 0 Å². The van der Waals surface area contributed by atoms with Crippen molar-refractivity contribution < 1.29 is 0 Å². The van der Waals surface area contributed by atoms with E-state index in [0.717, 1.165) is 18.2 Å². The minimum absolute atomic E-state index is 0.844. The SMILES string of the molecule is Cc1cc(N)ccc1NCC1CCC1. The number of nitrogens with one attached hydrogen (secondary N) is 1. The zero-order valence-corrected chi connectivity index (χ0v) is 8.72. The Hall–Kier alpha value is -1.18. The van der Waals surface area contributed by atoms with Crippen LogP contribution in [-0.2, 0) is 0 Å². The molecule has 0 aromatic heterocycles. The Morgan fingerprint density at radius 2 is 2.21 bits per heavy atom. The van der Waals surface area contributed by atoms with Gasteiger partial charge in [0, 0.05) is 17.9 Å². The summed E-state index contributed by atoms with van der Waals surface area (Å²) in [5.41, 5.74) is 9.01. The number of hydrogen-bond acceptors (Lipinski definition) is 2. The van der Waals surface area contributed by atoms with Crippen LogP contribution in [0.3, 0.4) is 0 Å². The fraction of sp³-hybridized carbons (Fsp3) is 0.500. The average Bonchev–Trinajstić information content (AvgIpc) is 2.05. The minimum Gasteiger partial charge on any atom is -0.399 e. The molecular weight excluding hydrogens is 172 g/mol. The first kappa shape index (κ1) is 9.38. The Morgan fingerprint density at radius 1 is 1.43 bits per heavy atom. The maximum atomic E-state index is 5.69. The molecule has 1 aliphatic carbocycles. The van der Waals surface area contributed by atoms with Gasteiger partial charge in [0.25, 0.3) is 0 Å². The smallest absolute Gasteiger partial charge is 0.0371 e. The topological polar surface area (TPSA) is 38.0 Å². The third kappa shape index (κ3) is 2.00. The second-order valence-electron chi connectivity index (χ2n) is 4.25. The van der Waals surface area contributed by atoms with Crippen molar-refractivity contribution in [1.82, 2.24) is 0 Å². The largest absolute Gasteiger partial charge is 0.399 e. The zero-order chi connectivity index (χ0) is 9.97. The van der Waals surface area contributed by atoms with Crippen LogP contribution in [0, 0.1) is 12.8 Å². The Bertz CT molecular complexity index is 316. The number of anilines is 2. The number of nitrogens with two attached hydrogens (primary N) is 1. The highest BCUT2D eigenvalue weighted by atomic mass is 14.9. The molecule has 3 N–H and O–H groups in total. The number of aryl methyl sites for hydroxylation is 1. The van der Waals surface area contributed by atoms with E-state index < -0.39 is 0 Å². The molecule has 0 aliphatic heterocycles. The van der Waals surface area contributed by atoms with Gasteiger partial charge in [-0.3, -0.25) is 0 Å². The Morgan fingerprint density at radius 3 is 2.79 bits per heavy atom. The van der Waals surface area contributed by atoms with E-state index in [1.54, 1.807) is 0 Å². The van der Waals surface area contributed by atoms with Crippen LogP contribution in [-0.4, -0.2) is 6.54 Å². The van der Waals surface area contributed by atoms with E-state index in [1.807, 2.05) is 12.1 Å². The summed E-state index contributed by atoms with van der Waals surface area (Å²) in [6.45, 7) is 3.21. The van der Waals surface area contributed by atoms with E-state index in [1.165, 1.54) is 30.5 Å². The lowest BCUT2D eigenvalue weighted by Gasteiger charge is -2.26. The van der Waals surface area contributed by atoms with Gasteiger partial charge < -0.3 is 11.1 Å². The molecule has 0 bridgehead atoms. The molecule has 0 atom stereocenters. The van der Waals surface area contributed by atoms with Crippen LogP contribution in [0.4, 0.5) is 11.4 Å². The van der Waals surface area contributed by atoms with Gasteiger partial charge in [0.05, 0.1) is 0 Å². The van der Waals surface area contributed by atoms with Crippen molar-refractivity contribution in [2.24, 2.45) is 5.92 Å². The lowest BCUT2D eigenvalue weighted by Crippen LogP contribution is -2.21. The summed E-state index contributed by atoms with van der Waals surface area (Å²) in [5, 5.41) is 3.49. The molecule has 0 saturated heterocycles. The van der Waals surface area contributed by atoms with Crippen molar-refractivity contribution in [2.45, 2.75) is 26.2 Å². The number of benzene rings is 1. The normalized spacial score (nSPS) is 16.4. The Kier molecular flexibility index (Phi) is 2.62. The van der Waals surface area contributed by atoms with Gasteiger partial charge in [-0.25, -0.2) is 0 Å². The van der Waals surface area contributed by atoms with E-state index in [9.17, 15) is 0 Å². The maximum Gasteiger partial charge on any atom is 0.0371 e. The molecule has 1 saturated carbocycles. The Balaban J connectivity index is 1.94. The quantitative estimate of drug-likeness (QED) is 0.719. The van der Waals surface area contributed by atoms with Crippen molar-refractivity contribution in [1.29, 1.82) is 0 Å². The highest BCUT2D eigenvalue weighted by Crippen LogP contribution is 2.27. The van der Waals surface area contributed by atoms with Crippen molar-refractivity contribution >= 4 is 11.4 Å². The highest BCUT2D eigenvalue weighted by molar-refractivity contribution is 5.57. The van der Waals surface area contributed by atoms with Crippen molar-refractivity contribution in [3.05, 3.63) is 23.8 Å². The summed E-state index contributed by atoms with van der Waals surface area (Å²) in [6, 6.07) is 6.04. The predicted molar refractivity (Wildman–Crippen MR) is 61.4 cm³/mol. The third-order valence-electron chi connectivity index (χ3n) is 3.06. The highest BCUT2D eigenvalue weighted by Gasteiger charge is 2.16. The molecule has 1 aromatic rings. The van der Waals surface area contributed by atoms with Gasteiger partial charge in [-0.1, -0.05) is 6.42 Å². The summed E-state index contributed by atoms with van der Waals surface area (Å²) in [7, 11) is 0. The first-order chi connectivity index (χ1) is 6.75. The van der Waals surface area contributed by atoms with Gasteiger partial charge in [-0.15, -0.1) is 0 Å². The van der Waals surface area contributed by atoms with Crippen LogP contribution in [0.2, 0.25) is 0 Å². The van der Waals surface area contributed by atoms with Gasteiger partial charge in [0.2, 0.25) is 0 Å². The summed E-state index contributed by atoms with van der Waals surface area (Å²) in [6.07, 6.45) is 4.19. The van der Waals surface area contributed by atoms with Crippen LogP contribution in [0.5, 0.6) is 0 Å². The summed E-state index contributed by atoms with van der Waals surface area (Å²) in [4.78, 5) is 0. The first-order valence-electron chi connectivity index (χ1n) is 5.36. The van der Waals surface area contributed by atoms with Crippen molar-refractivity contribution in [3.8, 4) is 0 Å². The standard InChI is InChI=1S/C12H18N2/c1-9-7-11(13)5-6-12(9)14-8-10-3-2-4-10/h5-7,10,14H,2-4,8,13H2,1H3. The zero-order valence-electron chi connectivity index (χ0n) is 8.72. The first-order valence-corrected chi connectivity index (χ1v) is 5.36. The lowest BCUT2D eigenvalue weighted by atomic mass is 9.85. The molecule has 1 aliphatic rings. The van der Waals surface area contributed by atoms with Crippen LogP contribution in [0.1, 0.15) is 24.8 Å². The van der Waals surface area contributed by atoms with E-state index in [4.69, 9.17) is 5.73 Å². The second kappa shape index (κ2) is 3.91. The van der Waals surface area contributed by atoms with E-state index in [2.05, 4.69) is 18.3 Å². The van der Waals surface area contributed by atoms with Crippen LogP contribution >= 0.6 is 0 Å². The average molecular weight is 190 g/mol. The molecule has 0 radical (unpaired) electrons.